The quantitative estimate of drug-likeness (QED) is 0.656. The second kappa shape index (κ2) is 3.68. The fraction of sp³-hybridized carbons (Fsp3) is 0.909. The molecule has 90 valence electrons. The number of aliphatic hydroxyl groups is 1. The van der Waals surface area contributed by atoms with Crippen molar-refractivity contribution >= 4 is 5.97 Å². The molecule has 1 aliphatic carbocycles. The van der Waals surface area contributed by atoms with Gasteiger partial charge < -0.3 is 19.3 Å². The van der Waals surface area contributed by atoms with E-state index < -0.39 is 30.1 Å². The molecule has 0 aromatic heterocycles. The van der Waals surface area contributed by atoms with Gasteiger partial charge in [-0.1, -0.05) is 6.42 Å². The summed E-state index contributed by atoms with van der Waals surface area (Å²) in [6.45, 7) is -0.202. The molecular formula is C11H16O5. The Morgan fingerprint density at radius 3 is 2.69 bits per heavy atom. The largest absolute Gasteiger partial charge is 0.455 e. The number of carbonyl (C=O) groups excluding carboxylic acids is 1. The second-order valence-electron chi connectivity index (χ2n) is 4.75. The van der Waals surface area contributed by atoms with Crippen LogP contribution in [0.1, 0.15) is 32.1 Å². The number of hydrogen-bond donors (Lipinski definition) is 1. The molecule has 2 aliphatic heterocycles. The molecule has 2 saturated heterocycles. The summed E-state index contributed by atoms with van der Waals surface area (Å²) in [5, 5.41) is 9.10. The summed E-state index contributed by atoms with van der Waals surface area (Å²) in [7, 11) is 0. The Hall–Kier alpha value is -0.650. The molecule has 0 radical (unpaired) electrons. The third-order valence-corrected chi connectivity index (χ3v) is 3.65. The number of rotatable bonds is 1. The van der Waals surface area contributed by atoms with Gasteiger partial charge in [0.2, 0.25) is 0 Å². The molecule has 3 aliphatic rings. The highest BCUT2D eigenvalue weighted by Gasteiger charge is 2.58. The van der Waals surface area contributed by atoms with Crippen LogP contribution in [-0.2, 0) is 19.0 Å². The fourth-order valence-electron chi connectivity index (χ4n) is 2.84. The second-order valence-corrected chi connectivity index (χ2v) is 4.75. The van der Waals surface area contributed by atoms with E-state index >= 15 is 0 Å². The molecule has 5 nitrogen and oxygen atoms in total. The maximum Gasteiger partial charge on any atom is 0.338 e. The summed E-state index contributed by atoms with van der Waals surface area (Å²) >= 11 is 0. The monoisotopic (exact) mass is 228 g/mol. The number of carbonyl (C=O) groups is 1. The van der Waals surface area contributed by atoms with E-state index in [-0.39, 0.29) is 6.61 Å². The van der Waals surface area contributed by atoms with Gasteiger partial charge in [-0.2, -0.15) is 0 Å². The molecule has 2 heterocycles. The number of esters is 1. The summed E-state index contributed by atoms with van der Waals surface area (Å²) in [6, 6.07) is 0. The zero-order valence-electron chi connectivity index (χ0n) is 9.05. The van der Waals surface area contributed by atoms with Gasteiger partial charge in [0.15, 0.2) is 18.0 Å². The van der Waals surface area contributed by atoms with Crippen LogP contribution < -0.4 is 0 Å². The molecule has 5 heteroatoms. The van der Waals surface area contributed by atoms with Crippen LogP contribution in [0.25, 0.3) is 0 Å². The first-order valence-corrected chi connectivity index (χ1v) is 5.91. The molecule has 0 amide bonds. The number of hydrogen-bond acceptors (Lipinski definition) is 5. The van der Waals surface area contributed by atoms with Crippen LogP contribution in [0.15, 0.2) is 0 Å². The normalized spacial score (nSPS) is 41.1. The number of ether oxygens (including phenoxy) is 3. The Morgan fingerprint density at radius 2 is 2.00 bits per heavy atom. The fourth-order valence-corrected chi connectivity index (χ4v) is 2.84. The van der Waals surface area contributed by atoms with Crippen molar-refractivity contribution in [1.29, 1.82) is 0 Å². The molecule has 0 aromatic rings. The molecular weight excluding hydrogens is 212 g/mol. The van der Waals surface area contributed by atoms with Crippen LogP contribution in [-0.4, -0.2) is 41.8 Å². The lowest BCUT2D eigenvalue weighted by atomic mass is 9.94. The van der Waals surface area contributed by atoms with Crippen LogP contribution in [0.4, 0.5) is 0 Å². The van der Waals surface area contributed by atoms with Crippen molar-refractivity contribution < 1.29 is 24.1 Å². The lowest BCUT2D eigenvalue weighted by molar-refractivity contribution is -0.217. The summed E-state index contributed by atoms with van der Waals surface area (Å²) in [5.74, 6) is -0.980. The minimum absolute atomic E-state index is 0.202. The summed E-state index contributed by atoms with van der Waals surface area (Å²) < 4.78 is 16.6. The van der Waals surface area contributed by atoms with Crippen molar-refractivity contribution in [3.05, 3.63) is 0 Å². The molecule has 1 N–H and O–H groups in total. The first kappa shape index (κ1) is 10.5. The Balaban J connectivity index is 1.78. The van der Waals surface area contributed by atoms with Crippen molar-refractivity contribution in [1.82, 2.24) is 0 Å². The van der Waals surface area contributed by atoms with Crippen molar-refractivity contribution in [3.63, 3.8) is 0 Å². The van der Waals surface area contributed by atoms with E-state index in [4.69, 9.17) is 19.3 Å². The molecule has 16 heavy (non-hydrogen) atoms. The van der Waals surface area contributed by atoms with Gasteiger partial charge in [0.05, 0.1) is 6.61 Å². The highest BCUT2D eigenvalue weighted by atomic mass is 16.8. The number of cyclic esters (lactones) is 1. The standard InChI is InChI=1S/C11H16O5/c12-6-7-8-9(10(13)14-7)16-11(15-8)4-2-1-3-5-11/h7-9,12H,1-6H2. The highest BCUT2D eigenvalue weighted by Crippen LogP contribution is 2.44. The maximum absolute atomic E-state index is 11.5. The van der Waals surface area contributed by atoms with E-state index in [1.165, 1.54) is 6.42 Å². The van der Waals surface area contributed by atoms with Gasteiger partial charge in [-0.15, -0.1) is 0 Å². The minimum Gasteiger partial charge on any atom is -0.455 e. The molecule has 3 atom stereocenters. The van der Waals surface area contributed by atoms with Gasteiger partial charge in [0.1, 0.15) is 6.10 Å². The van der Waals surface area contributed by atoms with E-state index in [2.05, 4.69) is 0 Å². The summed E-state index contributed by atoms with van der Waals surface area (Å²) in [4.78, 5) is 11.5. The van der Waals surface area contributed by atoms with Crippen molar-refractivity contribution in [3.8, 4) is 0 Å². The molecule has 1 spiro atoms. The summed E-state index contributed by atoms with van der Waals surface area (Å²) in [5.41, 5.74) is 0. The lowest BCUT2D eigenvalue weighted by Crippen LogP contribution is -2.37. The highest BCUT2D eigenvalue weighted by molar-refractivity contribution is 5.78. The van der Waals surface area contributed by atoms with Crippen LogP contribution in [0, 0.1) is 0 Å². The lowest BCUT2D eigenvalue weighted by Gasteiger charge is -2.32. The van der Waals surface area contributed by atoms with E-state index in [0.717, 1.165) is 25.7 Å². The topological polar surface area (TPSA) is 65.0 Å². The average Bonchev–Trinajstić information content (AvgIpc) is 2.78. The predicted molar refractivity (Wildman–Crippen MR) is 52.5 cm³/mol. The third-order valence-electron chi connectivity index (χ3n) is 3.65. The van der Waals surface area contributed by atoms with Crippen LogP contribution in [0.2, 0.25) is 0 Å². The van der Waals surface area contributed by atoms with Crippen molar-refractivity contribution in [2.24, 2.45) is 0 Å². The van der Waals surface area contributed by atoms with Gasteiger partial charge >= 0.3 is 5.97 Å². The Bertz CT molecular complexity index is 297. The number of fused-ring (bicyclic) bond motifs is 1. The van der Waals surface area contributed by atoms with Crippen LogP contribution >= 0.6 is 0 Å². The Morgan fingerprint density at radius 1 is 1.25 bits per heavy atom. The smallest absolute Gasteiger partial charge is 0.338 e. The van der Waals surface area contributed by atoms with E-state index in [0.29, 0.717) is 0 Å². The van der Waals surface area contributed by atoms with Gasteiger partial charge in [-0.25, -0.2) is 4.79 Å². The summed E-state index contributed by atoms with van der Waals surface area (Å²) in [6.07, 6.45) is 3.40. The van der Waals surface area contributed by atoms with Crippen molar-refractivity contribution in [2.75, 3.05) is 6.61 Å². The predicted octanol–water partition coefficient (Wildman–Crippen LogP) is 0.348. The molecule has 0 aromatic carbocycles. The van der Waals surface area contributed by atoms with Crippen LogP contribution in [0.3, 0.4) is 0 Å². The van der Waals surface area contributed by atoms with Gasteiger partial charge in [-0.05, 0) is 12.8 Å². The minimum atomic E-state index is -0.629. The molecule has 1 saturated carbocycles. The molecule has 3 unspecified atom stereocenters. The van der Waals surface area contributed by atoms with Crippen molar-refractivity contribution in [2.45, 2.75) is 56.2 Å². The molecule has 3 rings (SSSR count). The Labute approximate surface area is 93.7 Å². The van der Waals surface area contributed by atoms with Gasteiger partial charge in [0, 0.05) is 12.8 Å². The zero-order valence-corrected chi connectivity index (χ0v) is 9.05. The van der Waals surface area contributed by atoms with E-state index in [1.54, 1.807) is 0 Å². The zero-order chi connectivity index (χ0) is 11.2. The number of aliphatic hydroxyl groups excluding tert-OH is 1. The molecule has 3 fully saturated rings. The van der Waals surface area contributed by atoms with E-state index in [9.17, 15) is 4.79 Å². The average molecular weight is 228 g/mol. The Kier molecular flexibility index (Phi) is 2.42. The van der Waals surface area contributed by atoms with Gasteiger partial charge in [0.25, 0.3) is 0 Å². The SMILES string of the molecule is O=C1OC(CO)C2OC3(CCCCC3)OC12. The third kappa shape index (κ3) is 1.46. The first-order chi connectivity index (χ1) is 7.74. The first-order valence-electron chi connectivity index (χ1n) is 5.91. The molecule has 0 bridgehead atoms. The van der Waals surface area contributed by atoms with Crippen LogP contribution in [0.5, 0.6) is 0 Å². The van der Waals surface area contributed by atoms with Gasteiger partial charge in [-0.3, -0.25) is 0 Å². The van der Waals surface area contributed by atoms with E-state index in [1.807, 2.05) is 0 Å². The maximum atomic E-state index is 11.5.